The minimum Gasteiger partial charge on any atom is -0.369 e. The van der Waals surface area contributed by atoms with E-state index in [1.54, 1.807) is 11.3 Å². The standard InChI is InChI=1S/C17H20N4O2S/c1-16(2)9-17(16,12-4-3-7-24-12)14(23)21-6-5-10-11(8-21)19-15(18)20-13(10)22/h3-4,7H,5-6,8-9H2,1-2H3,(H3,18,19,20,22)/t17-/m1/s1. The smallest absolute Gasteiger partial charge is 0.255 e. The van der Waals surface area contributed by atoms with Crippen molar-refractivity contribution in [1.82, 2.24) is 14.9 Å². The summed E-state index contributed by atoms with van der Waals surface area (Å²) < 4.78 is 0. The van der Waals surface area contributed by atoms with Crippen LogP contribution in [0, 0.1) is 5.41 Å². The molecule has 1 saturated carbocycles. The highest BCUT2D eigenvalue weighted by molar-refractivity contribution is 7.10. The highest BCUT2D eigenvalue weighted by atomic mass is 32.1. The number of nitrogens with two attached hydrogens (primary N) is 1. The first-order valence-electron chi connectivity index (χ1n) is 8.06. The van der Waals surface area contributed by atoms with Gasteiger partial charge in [-0.25, -0.2) is 4.98 Å². The Bertz CT molecular complexity index is 871. The summed E-state index contributed by atoms with van der Waals surface area (Å²) >= 11 is 1.64. The maximum absolute atomic E-state index is 13.4. The zero-order valence-electron chi connectivity index (χ0n) is 13.8. The predicted molar refractivity (Wildman–Crippen MR) is 92.8 cm³/mol. The second kappa shape index (κ2) is 4.92. The molecule has 0 spiro atoms. The fourth-order valence-electron chi connectivity index (χ4n) is 3.93. The molecule has 24 heavy (non-hydrogen) atoms. The van der Waals surface area contributed by atoms with E-state index >= 15 is 0 Å². The Labute approximate surface area is 143 Å². The number of thiophene rings is 1. The normalized spacial score (nSPS) is 24.5. The Morgan fingerprint density at radius 3 is 2.83 bits per heavy atom. The third kappa shape index (κ3) is 2.04. The van der Waals surface area contributed by atoms with Crippen molar-refractivity contribution >= 4 is 23.2 Å². The van der Waals surface area contributed by atoms with E-state index in [-0.39, 0.29) is 22.8 Å². The molecule has 6 nitrogen and oxygen atoms in total. The molecular weight excluding hydrogens is 324 g/mol. The molecule has 1 aliphatic carbocycles. The number of aromatic nitrogens is 2. The summed E-state index contributed by atoms with van der Waals surface area (Å²) in [6, 6.07) is 4.05. The summed E-state index contributed by atoms with van der Waals surface area (Å²) in [5.74, 6) is 0.244. The predicted octanol–water partition coefficient (Wildman–Crippen LogP) is 1.67. The molecular formula is C17H20N4O2S. The first-order chi connectivity index (χ1) is 11.3. The molecule has 2 aliphatic rings. The lowest BCUT2D eigenvalue weighted by molar-refractivity contribution is -0.135. The average molecular weight is 344 g/mol. The number of carbonyl (C=O) groups excluding carboxylic acids is 1. The third-order valence-electron chi connectivity index (χ3n) is 5.42. The maximum Gasteiger partial charge on any atom is 0.255 e. The monoisotopic (exact) mass is 344 g/mol. The van der Waals surface area contributed by atoms with E-state index in [0.29, 0.717) is 30.8 Å². The maximum atomic E-state index is 13.4. The van der Waals surface area contributed by atoms with Gasteiger partial charge in [0.2, 0.25) is 11.9 Å². The molecule has 126 valence electrons. The van der Waals surface area contributed by atoms with E-state index < -0.39 is 5.41 Å². The summed E-state index contributed by atoms with van der Waals surface area (Å²) in [7, 11) is 0. The Morgan fingerprint density at radius 1 is 1.46 bits per heavy atom. The highest BCUT2D eigenvalue weighted by Crippen LogP contribution is 2.66. The number of hydrogen-bond donors (Lipinski definition) is 2. The lowest BCUT2D eigenvalue weighted by atomic mass is 9.91. The SMILES string of the molecule is CC1(C)C[C@]1(C(=O)N1CCc2c(nc(N)[nH]c2=O)C1)c1cccs1. The lowest BCUT2D eigenvalue weighted by Crippen LogP contribution is -2.45. The highest BCUT2D eigenvalue weighted by Gasteiger charge is 2.68. The zero-order valence-corrected chi connectivity index (χ0v) is 14.6. The van der Waals surface area contributed by atoms with Crippen LogP contribution in [0.25, 0.3) is 0 Å². The molecule has 1 atom stereocenters. The van der Waals surface area contributed by atoms with E-state index in [2.05, 4.69) is 29.9 Å². The van der Waals surface area contributed by atoms with Crippen molar-refractivity contribution in [2.75, 3.05) is 12.3 Å². The molecule has 3 heterocycles. The first-order valence-corrected chi connectivity index (χ1v) is 8.94. The van der Waals surface area contributed by atoms with Crippen LogP contribution >= 0.6 is 11.3 Å². The van der Waals surface area contributed by atoms with Crippen molar-refractivity contribution in [2.24, 2.45) is 5.41 Å². The van der Waals surface area contributed by atoms with Crippen LogP contribution in [-0.2, 0) is 23.2 Å². The molecule has 4 rings (SSSR count). The zero-order chi connectivity index (χ0) is 17.1. The van der Waals surface area contributed by atoms with Crippen molar-refractivity contribution in [1.29, 1.82) is 0 Å². The van der Waals surface area contributed by atoms with Gasteiger partial charge in [0.15, 0.2) is 0 Å². The summed E-state index contributed by atoms with van der Waals surface area (Å²) in [5, 5.41) is 2.02. The van der Waals surface area contributed by atoms with Crippen molar-refractivity contribution in [2.45, 2.75) is 38.6 Å². The topological polar surface area (TPSA) is 92.1 Å². The molecule has 3 N–H and O–H groups in total. The number of aromatic amines is 1. The number of nitrogen functional groups attached to an aromatic ring is 1. The van der Waals surface area contributed by atoms with Gasteiger partial charge in [-0.3, -0.25) is 14.6 Å². The van der Waals surface area contributed by atoms with E-state index in [1.165, 1.54) is 0 Å². The van der Waals surface area contributed by atoms with Crippen molar-refractivity contribution in [3.63, 3.8) is 0 Å². The van der Waals surface area contributed by atoms with E-state index in [0.717, 1.165) is 11.3 Å². The van der Waals surface area contributed by atoms with Crippen molar-refractivity contribution in [3.8, 4) is 0 Å². The average Bonchev–Trinajstić information content (AvgIpc) is 2.90. The molecule has 1 fully saturated rings. The second-order valence-corrected chi connectivity index (χ2v) is 8.24. The number of anilines is 1. The number of carbonyl (C=O) groups is 1. The summed E-state index contributed by atoms with van der Waals surface area (Å²) in [4.78, 5) is 35.1. The molecule has 7 heteroatoms. The summed E-state index contributed by atoms with van der Waals surface area (Å²) in [6.45, 7) is 5.18. The fraction of sp³-hybridized carbons (Fsp3) is 0.471. The van der Waals surface area contributed by atoms with Crippen LogP contribution < -0.4 is 11.3 Å². The number of rotatable bonds is 2. The molecule has 2 aromatic rings. The van der Waals surface area contributed by atoms with E-state index in [9.17, 15) is 9.59 Å². The molecule has 0 unspecified atom stereocenters. The molecule has 0 aromatic carbocycles. The van der Waals surface area contributed by atoms with Gasteiger partial charge in [-0.15, -0.1) is 11.3 Å². The van der Waals surface area contributed by atoms with Gasteiger partial charge in [-0.05, 0) is 29.7 Å². The Balaban J connectivity index is 1.68. The van der Waals surface area contributed by atoms with Gasteiger partial charge >= 0.3 is 0 Å². The molecule has 0 bridgehead atoms. The van der Waals surface area contributed by atoms with Crippen LogP contribution in [-0.4, -0.2) is 27.3 Å². The minimum atomic E-state index is -0.439. The minimum absolute atomic E-state index is 0.0458. The van der Waals surface area contributed by atoms with Crippen LogP contribution in [0.1, 0.15) is 36.4 Å². The summed E-state index contributed by atoms with van der Waals surface area (Å²) in [6.07, 6.45) is 1.37. The molecule has 1 amide bonds. The molecule has 0 radical (unpaired) electrons. The van der Waals surface area contributed by atoms with E-state index in [1.807, 2.05) is 16.3 Å². The van der Waals surface area contributed by atoms with E-state index in [4.69, 9.17) is 5.73 Å². The van der Waals surface area contributed by atoms with Gasteiger partial charge in [-0.1, -0.05) is 19.9 Å². The Hall–Kier alpha value is -2.15. The van der Waals surface area contributed by atoms with Crippen molar-refractivity contribution in [3.05, 3.63) is 44.0 Å². The first kappa shape index (κ1) is 15.4. The van der Waals surface area contributed by atoms with Gasteiger partial charge in [0.1, 0.15) is 0 Å². The van der Waals surface area contributed by atoms with Gasteiger partial charge in [0.05, 0.1) is 17.7 Å². The van der Waals surface area contributed by atoms with Crippen molar-refractivity contribution < 1.29 is 4.79 Å². The van der Waals surface area contributed by atoms with Gasteiger partial charge in [0, 0.05) is 17.0 Å². The third-order valence-corrected chi connectivity index (χ3v) is 6.46. The Kier molecular flexibility index (Phi) is 3.16. The number of hydrogen-bond acceptors (Lipinski definition) is 5. The second-order valence-electron chi connectivity index (χ2n) is 7.30. The number of amides is 1. The molecule has 2 aromatic heterocycles. The van der Waals surface area contributed by atoms with Gasteiger partial charge < -0.3 is 10.6 Å². The van der Waals surface area contributed by atoms with Crippen LogP contribution in [0.3, 0.4) is 0 Å². The number of nitrogens with zero attached hydrogens (tertiary/aromatic N) is 2. The van der Waals surface area contributed by atoms with Gasteiger partial charge in [-0.2, -0.15) is 0 Å². The van der Waals surface area contributed by atoms with Crippen LogP contribution in [0.4, 0.5) is 5.95 Å². The molecule has 1 aliphatic heterocycles. The van der Waals surface area contributed by atoms with Crippen LogP contribution in [0.15, 0.2) is 22.3 Å². The van der Waals surface area contributed by atoms with Gasteiger partial charge in [0.25, 0.3) is 5.56 Å². The lowest BCUT2D eigenvalue weighted by Gasteiger charge is -2.32. The van der Waals surface area contributed by atoms with Crippen LogP contribution in [0.2, 0.25) is 0 Å². The largest absolute Gasteiger partial charge is 0.369 e. The van der Waals surface area contributed by atoms with Crippen LogP contribution in [0.5, 0.6) is 0 Å². The number of nitrogens with one attached hydrogen (secondary N) is 1. The number of fused-ring (bicyclic) bond motifs is 1. The Morgan fingerprint density at radius 2 is 2.21 bits per heavy atom. The fourth-order valence-corrected chi connectivity index (χ4v) is 5.03. The summed E-state index contributed by atoms with van der Waals surface area (Å²) in [5.41, 5.74) is 6.25. The quantitative estimate of drug-likeness (QED) is 0.867. The molecule has 0 saturated heterocycles. The number of H-pyrrole nitrogens is 1.